The summed E-state index contributed by atoms with van der Waals surface area (Å²) in [6.07, 6.45) is -0.463. The lowest BCUT2D eigenvalue weighted by Gasteiger charge is -2.23. The second kappa shape index (κ2) is 6.91. The van der Waals surface area contributed by atoms with Crippen molar-refractivity contribution in [2.24, 2.45) is 0 Å². The zero-order chi connectivity index (χ0) is 15.5. The van der Waals surface area contributed by atoms with Gasteiger partial charge in [-0.2, -0.15) is 0 Å². The highest BCUT2D eigenvalue weighted by Gasteiger charge is 2.30. The lowest BCUT2D eigenvalue weighted by molar-refractivity contribution is 0.217. The maximum atomic E-state index is 12.1. The zero-order valence-corrected chi connectivity index (χ0v) is 14.5. The van der Waals surface area contributed by atoms with Crippen LogP contribution in [0.25, 0.3) is 0 Å². The molecule has 0 bridgehead atoms. The standard InChI is InChI=1S/C14H21BrO4S/c1-9(2)20(17,18)11(4)10(3)19-13-5-6-14(15)12(7-13)8-16/h5-7,9-11,16H,8H2,1-4H3/t10?,11-/m0/s1. The Kier molecular flexibility index (Phi) is 6.04. The van der Waals surface area contributed by atoms with E-state index in [2.05, 4.69) is 15.9 Å². The Bertz CT molecular complexity index is 554. The topological polar surface area (TPSA) is 63.6 Å². The van der Waals surface area contributed by atoms with Crippen LogP contribution >= 0.6 is 15.9 Å². The molecule has 0 saturated carbocycles. The van der Waals surface area contributed by atoms with Crippen molar-refractivity contribution in [2.45, 2.75) is 50.9 Å². The van der Waals surface area contributed by atoms with Gasteiger partial charge in [-0.1, -0.05) is 15.9 Å². The summed E-state index contributed by atoms with van der Waals surface area (Å²) >= 11 is 3.33. The van der Waals surface area contributed by atoms with Gasteiger partial charge in [0, 0.05) is 4.47 Å². The molecule has 0 fully saturated rings. The molecular formula is C14H21BrO4S. The summed E-state index contributed by atoms with van der Waals surface area (Å²) in [6.45, 7) is 6.63. The predicted molar refractivity (Wildman–Crippen MR) is 83.7 cm³/mol. The second-order valence-corrected chi connectivity index (χ2v) is 8.80. The number of ether oxygens (including phenoxy) is 1. The van der Waals surface area contributed by atoms with Gasteiger partial charge >= 0.3 is 0 Å². The summed E-state index contributed by atoms with van der Waals surface area (Å²) in [5.41, 5.74) is 0.703. The number of hydrogen-bond acceptors (Lipinski definition) is 4. The van der Waals surface area contributed by atoms with Crippen molar-refractivity contribution in [1.82, 2.24) is 0 Å². The average molecular weight is 365 g/mol. The highest BCUT2D eigenvalue weighted by molar-refractivity contribution is 9.10. The second-order valence-electron chi connectivity index (χ2n) is 5.08. The van der Waals surface area contributed by atoms with Gasteiger partial charge in [0.1, 0.15) is 11.9 Å². The molecule has 1 aromatic carbocycles. The monoisotopic (exact) mass is 364 g/mol. The molecule has 0 spiro atoms. The van der Waals surface area contributed by atoms with Gasteiger partial charge in [0.2, 0.25) is 0 Å². The predicted octanol–water partition coefficient (Wildman–Crippen LogP) is 2.92. The summed E-state index contributed by atoms with van der Waals surface area (Å²) in [7, 11) is -3.20. The third-order valence-corrected chi connectivity index (χ3v) is 6.85. The molecule has 1 unspecified atom stereocenters. The van der Waals surface area contributed by atoms with Gasteiger partial charge in [-0.25, -0.2) is 8.42 Å². The van der Waals surface area contributed by atoms with Crippen molar-refractivity contribution < 1.29 is 18.3 Å². The van der Waals surface area contributed by atoms with Gasteiger partial charge in [-0.05, 0) is 51.5 Å². The van der Waals surface area contributed by atoms with Gasteiger partial charge in [-0.15, -0.1) is 0 Å². The van der Waals surface area contributed by atoms with Gasteiger partial charge in [0.15, 0.2) is 9.84 Å². The van der Waals surface area contributed by atoms with Crippen molar-refractivity contribution in [3.63, 3.8) is 0 Å². The fraction of sp³-hybridized carbons (Fsp3) is 0.571. The van der Waals surface area contributed by atoms with Gasteiger partial charge in [-0.3, -0.25) is 0 Å². The first kappa shape index (κ1) is 17.5. The van der Waals surface area contributed by atoms with E-state index in [4.69, 9.17) is 4.74 Å². The minimum absolute atomic E-state index is 0.105. The fourth-order valence-corrected chi connectivity index (χ4v) is 3.57. The van der Waals surface area contributed by atoms with Crippen LogP contribution in [0.1, 0.15) is 33.3 Å². The molecule has 0 saturated heterocycles. The summed E-state index contributed by atoms with van der Waals surface area (Å²) < 4.78 is 30.7. The summed E-state index contributed by atoms with van der Waals surface area (Å²) in [5, 5.41) is 8.18. The molecule has 2 atom stereocenters. The smallest absolute Gasteiger partial charge is 0.158 e. The van der Waals surface area contributed by atoms with Crippen molar-refractivity contribution in [1.29, 1.82) is 0 Å². The van der Waals surface area contributed by atoms with Crippen LogP contribution in [-0.4, -0.2) is 30.1 Å². The SMILES string of the molecule is CC(Oc1ccc(Br)c(CO)c1)[C@H](C)S(=O)(=O)C(C)C. The van der Waals surface area contributed by atoms with E-state index in [0.29, 0.717) is 11.3 Å². The molecule has 0 amide bonds. The first-order chi connectivity index (χ1) is 9.20. The molecular weight excluding hydrogens is 344 g/mol. The van der Waals surface area contributed by atoms with Crippen molar-refractivity contribution >= 4 is 25.8 Å². The van der Waals surface area contributed by atoms with Crippen LogP contribution in [-0.2, 0) is 16.4 Å². The molecule has 0 radical (unpaired) electrons. The molecule has 0 heterocycles. The Balaban J connectivity index is 2.88. The van der Waals surface area contributed by atoms with Crippen LogP contribution in [0.4, 0.5) is 0 Å². The van der Waals surface area contributed by atoms with Crippen LogP contribution in [0.2, 0.25) is 0 Å². The number of halogens is 1. The number of aliphatic hydroxyl groups is 1. The van der Waals surface area contributed by atoms with Crippen molar-refractivity contribution in [3.05, 3.63) is 28.2 Å². The molecule has 1 rings (SSSR count). The molecule has 4 nitrogen and oxygen atoms in total. The Hall–Kier alpha value is -0.590. The van der Waals surface area contributed by atoms with Crippen LogP contribution < -0.4 is 4.74 Å². The lowest BCUT2D eigenvalue weighted by Crippen LogP contribution is -2.37. The number of hydrogen-bond donors (Lipinski definition) is 1. The third-order valence-electron chi connectivity index (χ3n) is 3.35. The maximum Gasteiger partial charge on any atom is 0.158 e. The molecule has 0 aliphatic carbocycles. The van der Waals surface area contributed by atoms with E-state index < -0.39 is 26.4 Å². The van der Waals surface area contributed by atoms with E-state index in [9.17, 15) is 13.5 Å². The first-order valence-corrected chi connectivity index (χ1v) is 8.89. The fourth-order valence-electron chi connectivity index (χ4n) is 1.75. The summed E-state index contributed by atoms with van der Waals surface area (Å²) in [5.74, 6) is 0.551. The molecule has 0 aliphatic rings. The molecule has 20 heavy (non-hydrogen) atoms. The van der Waals surface area contributed by atoms with E-state index in [1.165, 1.54) is 0 Å². The van der Waals surface area contributed by atoms with Crippen LogP contribution in [0.3, 0.4) is 0 Å². The maximum absolute atomic E-state index is 12.1. The Morgan fingerprint density at radius 1 is 1.25 bits per heavy atom. The number of sulfone groups is 1. The van der Waals surface area contributed by atoms with Crippen LogP contribution in [0.15, 0.2) is 22.7 Å². The molecule has 6 heteroatoms. The molecule has 0 aromatic heterocycles. The zero-order valence-electron chi connectivity index (χ0n) is 12.1. The van der Waals surface area contributed by atoms with Gasteiger partial charge in [0.05, 0.1) is 17.1 Å². The van der Waals surface area contributed by atoms with Crippen LogP contribution in [0, 0.1) is 0 Å². The Morgan fingerprint density at radius 2 is 1.85 bits per heavy atom. The third kappa shape index (κ3) is 3.96. The highest BCUT2D eigenvalue weighted by Crippen LogP contribution is 2.25. The molecule has 1 N–H and O–H groups in total. The van der Waals surface area contributed by atoms with E-state index in [0.717, 1.165) is 4.47 Å². The van der Waals surface area contributed by atoms with E-state index in [1.54, 1.807) is 45.9 Å². The minimum Gasteiger partial charge on any atom is -0.489 e. The largest absolute Gasteiger partial charge is 0.489 e. The molecule has 114 valence electrons. The first-order valence-electron chi connectivity index (χ1n) is 6.48. The lowest BCUT2D eigenvalue weighted by atomic mass is 10.2. The Labute approximate surface area is 129 Å². The number of aliphatic hydroxyl groups excluding tert-OH is 1. The van der Waals surface area contributed by atoms with Crippen molar-refractivity contribution in [3.8, 4) is 5.75 Å². The Morgan fingerprint density at radius 3 is 2.35 bits per heavy atom. The normalized spacial score (nSPS) is 15.2. The van der Waals surface area contributed by atoms with Gasteiger partial charge in [0.25, 0.3) is 0 Å². The van der Waals surface area contributed by atoms with E-state index >= 15 is 0 Å². The van der Waals surface area contributed by atoms with Gasteiger partial charge < -0.3 is 9.84 Å². The van der Waals surface area contributed by atoms with Crippen molar-refractivity contribution in [2.75, 3.05) is 0 Å². The summed E-state index contributed by atoms with van der Waals surface area (Å²) in [4.78, 5) is 0. The highest BCUT2D eigenvalue weighted by atomic mass is 79.9. The summed E-state index contributed by atoms with van der Waals surface area (Å²) in [6, 6.07) is 5.22. The number of benzene rings is 1. The van der Waals surface area contributed by atoms with E-state index in [-0.39, 0.29) is 6.61 Å². The molecule has 1 aromatic rings. The average Bonchev–Trinajstić information content (AvgIpc) is 2.39. The minimum atomic E-state index is -3.20. The number of rotatable bonds is 6. The quantitative estimate of drug-likeness (QED) is 0.842. The van der Waals surface area contributed by atoms with E-state index in [1.807, 2.05) is 0 Å². The van der Waals surface area contributed by atoms with Crippen LogP contribution in [0.5, 0.6) is 5.75 Å². The molecule has 0 aliphatic heterocycles.